The second-order valence-corrected chi connectivity index (χ2v) is 3.23. The van der Waals surface area contributed by atoms with Crippen molar-refractivity contribution in [1.82, 2.24) is 0 Å². The Morgan fingerprint density at radius 3 is 2.50 bits per heavy atom. The maximum Gasteiger partial charge on any atom is 0.330 e. The number of benzene rings is 1. The number of hydrogen-bond donors (Lipinski definition) is 0. The van der Waals surface area contributed by atoms with Crippen LogP contribution in [0.15, 0.2) is 42.5 Å². The summed E-state index contributed by atoms with van der Waals surface area (Å²) in [6.45, 7) is 2.29. The summed E-state index contributed by atoms with van der Waals surface area (Å²) in [7, 11) is 0. The zero-order valence-corrected chi connectivity index (χ0v) is 9.18. The molecule has 3 heteroatoms. The summed E-state index contributed by atoms with van der Waals surface area (Å²) in [4.78, 5) is 22.6. The van der Waals surface area contributed by atoms with Crippen LogP contribution in [-0.4, -0.2) is 18.4 Å². The van der Waals surface area contributed by atoms with E-state index in [9.17, 15) is 9.59 Å². The number of hydrogen-bond acceptors (Lipinski definition) is 3. The first-order valence-electron chi connectivity index (χ1n) is 5.18. The van der Waals surface area contributed by atoms with E-state index in [2.05, 4.69) is 0 Å². The van der Waals surface area contributed by atoms with Crippen molar-refractivity contribution in [3.05, 3.63) is 48.0 Å². The van der Waals surface area contributed by atoms with Crippen LogP contribution < -0.4 is 0 Å². The van der Waals surface area contributed by atoms with E-state index < -0.39 is 5.97 Å². The van der Waals surface area contributed by atoms with Crippen LogP contribution in [0, 0.1) is 0 Å². The number of carbonyl (C=O) groups excluding carboxylic acids is 2. The first-order valence-corrected chi connectivity index (χ1v) is 5.18. The zero-order valence-electron chi connectivity index (χ0n) is 9.18. The minimum absolute atomic E-state index is 0.200. The third kappa shape index (κ3) is 4.09. The summed E-state index contributed by atoms with van der Waals surface area (Å²) in [5, 5.41) is 0. The zero-order chi connectivity index (χ0) is 11.8. The highest BCUT2D eigenvalue weighted by Gasteiger charge is 2.01. The summed E-state index contributed by atoms with van der Waals surface area (Å²) < 4.78 is 4.80. The topological polar surface area (TPSA) is 43.4 Å². The number of ketones is 1. The summed E-state index contributed by atoms with van der Waals surface area (Å²) >= 11 is 0. The average Bonchev–Trinajstić information content (AvgIpc) is 2.34. The molecule has 84 valence electrons. The summed E-state index contributed by atoms with van der Waals surface area (Å²) in [5.74, 6) is -0.680. The fourth-order valence-electron chi connectivity index (χ4n) is 1.09. The van der Waals surface area contributed by atoms with Crippen LogP contribution >= 0.6 is 0 Å². The van der Waals surface area contributed by atoms with Gasteiger partial charge in [-0.1, -0.05) is 37.3 Å². The molecule has 0 atom stereocenters. The number of esters is 1. The van der Waals surface area contributed by atoms with Crippen molar-refractivity contribution in [2.75, 3.05) is 6.61 Å². The Bertz CT molecular complexity index is 379. The van der Waals surface area contributed by atoms with Gasteiger partial charge in [-0.25, -0.2) is 4.79 Å². The van der Waals surface area contributed by atoms with Crippen LogP contribution in [0.3, 0.4) is 0 Å². The molecule has 0 fully saturated rings. The molecule has 0 aliphatic rings. The van der Waals surface area contributed by atoms with Crippen LogP contribution in [0.5, 0.6) is 0 Å². The molecule has 0 radical (unpaired) electrons. The Morgan fingerprint density at radius 1 is 1.19 bits per heavy atom. The van der Waals surface area contributed by atoms with Crippen molar-refractivity contribution in [3.8, 4) is 0 Å². The third-order valence-electron chi connectivity index (χ3n) is 1.88. The highest BCUT2D eigenvalue weighted by atomic mass is 16.5. The predicted octanol–water partition coefficient (Wildman–Crippen LogP) is 2.38. The molecule has 0 saturated heterocycles. The van der Waals surface area contributed by atoms with Crippen molar-refractivity contribution < 1.29 is 14.3 Å². The van der Waals surface area contributed by atoms with Gasteiger partial charge in [-0.3, -0.25) is 4.79 Å². The van der Waals surface area contributed by atoms with Gasteiger partial charge in [0, 0.05) is 11.6 Å². The molecule has 0 aliphatic heterocycles. The molecule has 0 saturated carbocycles. The number of carbonyl (C=O) groups is 2. The lowest BCUT2D eigenvalue weighted by Gasteiger charge is -1.97. The normalized spacial score (nSPS) is 10.3. The second-order valence-electron chi connectivity index (χ2n) is 3.23. The quantitative estimate of drug-likeness (QED) is 0.433. The SMILES string of the molecule is CCCOC(=O)C=CC(=O)c1ccccc1. The fraction of sp³-hybridized carbons (Fsp3) is 0.231. The van der Waals surface area contributed by atoms with Gasteiger partial charge in [0.25, 0.3) is 0 Å². The van der Waals surface area contributed by atoms with Crippen molar-refractivity contribution >= 4 is 11.8 Å². The molecule has 3 nitrogen and oxygen atoms in total. The molecule has 0 amide bonds. The minimum atomic E-state index is -0.480. The van der Waals surface area contributed by atoms with Crippen LogP contribution in [0.4, 0.5) is 0 Å². The second kappa shape index (κ2) is 6.56. The smallest absolute Gasteiger partial charge is 0.330 e. The van der Waals surface area contributed by atoms with E-state index >= 15 is 0 Å². The molecular weight excluding hydrogens is 204 g/mol. The van der Waals surface area contributed by atoms with Gasteiger partial charge >= 0.3 is 5.97 Å². The number of allylic oxidation sites excluding steroid dienone is 1. The molecule has 0 aromatic heterocycles. The molecule has 0 heterocycles. The largest absolute Gasteiger partial charge is 0.463 e. The van der Waals surface area contributed by atoms with Crippen molar-refractivity contribution in [1.29, 1.82) is 0 Å². The fourth-order valence-corrected chi connectivity index (χ4v) is 1.09. The number of ether oxygens (including phenoxy) is 1. The lowest BCUT2D eigenvalue weighted by atomic mass is 10.1. The standard InChI is InChI=1S/C13H14O3/c1-2-10-16-13(15)9-8-12(14)11-6-4-3-5-7-11/h3-9H,2,10H2,1H3. The van der Waals surface area contributed by atoms with Gasteiger partial charge in [0.15, 0.2) is 5.78 Å². The Balaban J connectivity index is 2.51. The van der Waals surface area contributed by atoms with E-state index in [1.807, 2.05) is 13.0 Å². The Labute approximate surface area is 94.7 Å². The molecule has 0 spiro atoms. The van der Waals surface area contributed by atoms with Crippen LogP contribution in [0.2, 0.25) is 0 Å². The first kappa shape index (κ1) is 12.2. The van der Waals surface area contributed by atoms with Gasteiger partial charge in [-0.2, -0.15) is 0 Å². The van der Waals surface area contributed by atoms with Crippen molar-refractivity contribution in [2.45, 2.75) is 13.3 Å². The van der Waals surface area contributed by atoms with E-state index in [1.165, 1.54) is 6.08 Å². The monoisotopic (exact) mass is 218 g/mol. The Kier molecular flexibility index (Phi) is 4.99. The van der Waals surface area contributed by atoms with Gasteiger partial charge in [0.05, 0.1) is 6.61 Å². The van der Waals surface area contributed by atoms with Crippen LogP contribution in [0.25, 0.3) is 0 Å². The van der Waals surface area contributed by atoms with Crippen LogP contribution in [-0.2, 0) is 9.53 Å². The van der Waals surface area contributed by atoms with Gasteiger partial charge in [0.1, 0.15) is 0 Å². The highest BCUT2D eigenvalue weighted by Crippen LogP contribution is 2.00. The third-order valence-corrected chi connectivity index (χ3v) is 1.88. The van der Waals surface area contributed by atoms with E-state index in [-0.39, 0.29) is 5.78 Å². The van der Waals surface area contributed by atoms with Crippen LogP contribution in [0.1, 0.15) is 23.7 Å². The van der Waals surface area contributed by atoms with Gasteiger partial charge in [0.2, 0.25) is 0 Å². The summed E-state index contributed by atoms with van der Waals surface area (Å²) in [6, 6.07) is 8.77. The van der Waals surface area contributed by atoms with Crippen molar-refractivity contribution in [3.63, 3.8) is 0 Å². The Morgan fingerprint density at radius 2 is 1.88 bits per heavy atom. The van der Waals surface area contributed by atoms with Gasteiger partial charge in [-0.05, 0) is 12.5 Å². The van der Waals surface area contributed by atoms with Gasteiger partial charge < -0.3 is 4.74 Å². The average molecular weight is 218 g/mol. The number of rotatable bonds is 5. The lowest BCUT2D eigenvalue weighted by Crippen LogP contribution is -2.02. The molecule has 1 rings (SSSR count). The molecule has 1 aromatic carbocycles. The molecule has 0 bridgehead atoms. The summed E-state index contributed by atoms with van der Waals surface area (Å²) in [5.41, 5.74) is 0.557. The molecular formula is C13H14O3. The molecule has 0 N–H and O–H groups in total. The molecule has 0 unspecified atom stereocenters. The minimum Gasteiger partial charge on any atom is -0.463 e. The van der Waals surface area contributed by atoms with Gasteiger partial charge in [-0.15, -0.1) is 0 Å². The predicted molar refractivity (Wildman–Crippen MR) is 61.2 cm³/mol. The van der Waals surface area contributed by atoms with E-state index in [0.717, 1.165) is 12.5 Å². The van der Waals surface area contributed by atoms with E-state index in [1.54, 1.807) is 24.3 Å². The first-order chi connectivity index (χ1) is 7.74. The molecule has 1 aromatic rings. The van der Waals surface area contributed by atoms with E-state index in [0.29, 0.717) is 12.2 Å². The molecule has 16 heavy (non-hydrogen) atoms. The summed E-state index contributed by atoms with van der Waals surface area (Å²) in [6.07, 6.45) is 3.16. The maximum atomic E-state index is 11.5. The lowest BCUT2D eigenvalue weighted by molar-refractivity contribution is -0.137. The van der Waals surface area contributed by atoms with Crippen molar-refractivity contribution in [2.24, 2.45) is 0 Å². The Hall–Kier alpha value is -1.90. The molecule has 0 aliphatic carbocycles. The maximum absolute atomic E-state index is 11.5. The van der Waals surface area contributed by atoms with E-state index in [4.69, 9.17) is 4.74 Å². The highest BCUT2D eigenvalue weighted by molar-refractivity contribution is 6.06.